The third-order valence-corrected chi connectivity index (χ3v) is 6.55. The molecule has 1 aliphatic rings. The van der Waals surface area contributed by atoms with Gasteiger partial charge in [0.05, 0.1) is 21.3 Å². The Morgan fingerprint density at radius 2 is 1.46 bits per heavy atom. The third-order valence-electron chi connectivity index (χ3n) is 6.10. The van der Waals surface area contributed by atoms with Crippen molar-refractivity contribution in [1.29, 1.82) is 0 Å². The summed E-state index contributed by atoms with van der Waals surface area (Å²) in [6, 6.07) is 13.3. The molecule has 0 saturated carbocycles. The Labute approximate surface area is 239 Å². The van der Waals surface area contributed by atoms with E-state index in [9.17, 15) is 0 Å². The number of nitrogens with one attached hydrogen (secondary N) is 2. The standard InChI is InChI=1S/C27H32ClN7O3S/c1-17-14-18(2)30-25(29-17)32-26(35-12-10-34(11-13-35)21-8-6-19(28)7-9-21)33-27(39)31-20-15-22(36-3)24(38-5)23(16-20)37-4/h6-9,14-16H,10-13H2,1-5H3,(H2,29,30,31,32,33,39). The second-order valence-corrected chi connectivity index (χ2v) is 9.65. The second-order valence-electron chi connectivity index (χ2n) is 8.83. The first-order valence-electron chi connectivity index (χ1n) is 12.3. The lowest BCUT2D eigenvalue weighted by Gasteiger charge is -2.37. The number of hydrogen-bond acceptors (Lipinski definition) is 7. The smallest absolute Gasteiger partial charge is 0.229 e. The summed E-state index contributed by atoms with van der Waals surface area (Å²) in [5.41, 5.74) is 3.49. The molecule has 0 aliphatic carbocycles. The second kappa shape index (κ2) is 12.8. The van der Waals surface area contributed by atoms with Crippen molar-refractivity contribution in [3.05, 3.63) is 58.9 Å². The number of ether oxygens (including phenoxy) is 3. The van der Waals surface area contributed by atoms with E-state index < -0.39 is 0 Å². The van der Waals surface area contributed by atoms with E-state index in [4.69, 9.17) is 43.0 Å². The van der Waals surface area contributed by atoms with Crippen LogP contribution in [0.15, 0.2) is 47.5 Å². The lowest BCUT2D eigenvalue weighted by molar-refractivity contribution is 0.324. The van der Waals surface area contributed by atoms with E-state index in [1.165, 1.54) is 0 Å². The number of nitrogens with zero attached hydrogens (tertiary/aromatic N) is 5. The van der Waals surface area contributed by atoms with Crippen LogP contribution in [0.25, 0.3) is 0 Å². The number of piperazine rings is 1. The number of methoxy groups -OCH3 is 3. The number of guanidine groups is 1. The molecule has 0 unspecified atom stereocenters. The highest BCUT2D eigenvalue weighted by molar-refractivity contribution is 7.80. The number of aromatic nitrogens is 2. The number of anilines is 3. The highest BCUT2D eigenvalue weighted by Crippen LogP contribution is 2.40. The normalized spacial score (nSPS) is 13.6. The Bertz CT molecular complexity index is 1300. The zero-order valence-corrected chi connectivity index (χ0v) is 24.2. The maximum atomic E-state index is 6.07. The summed E-state index contributed by atoms with van der Waals surface area (Å²) in [7, 11) is 4.68. The molecule has 2 N–H and O–H groups in total. The van der Waals surface area contributed by atoms with Crippen molar-refractivity contribution in [1.82, 2.24) is 14.9 Å². The maximum absolute atomic E-state index is 6.07. The zero-order chi connectivity index (χ0) is 27.9. The number of benzene rings is 2. The molecule has 206 valence electrons. The largest absolute Gasteiger partial charge is 0.493 e. The molecule has 4 rings (SSSR count). The van der Waals surface area contributed by atoms with Gasteiger partial charge in [0.25, 0.3) is 0 Å². The number of aliphatic imine (C=N–C) groups is 1. The van der Waals surface area contributed by atoms with Crippen molar-refractivity contribution in [2.24, 2.45) is 4.99 Å². The van der Waals surface area contributed by atoms with Crippen LogP contribution in [0.4, 0.5) is 17.3 Å². The molecular formula is C27H32ClN7O3S. The minimum absolute atomic E-state index is 0.247. The van der Waals surface area contributed by atoms with Gasteiger partial charge in [-0.15, -0.1) is 0 Å². The van der Waals surface area contributed by atoms with Crippen molar-refractivity contribution >= 4 is 52.2 Å². The molecule has 0 bridgehead atoms. The predicted molar refractivity (Wildman–Crippen MR) is 160 cm³/mol. The van der Waals surface area contributed by atoms with Crippen LogP contribution in [-0.4, -0.2) is 73.4 Å². The van der Waals surface area contributed by atoms with E-state index in [-0.39, 0.29) is 5.11 Å². The summed E-state index contributed by atoms with van der Waals surface area (Å²) in [6.45, 7) is 6.88. The minimum Gasteiger partial charge on any atom is -0.493 e. The van der Waals surface area contributed by atoms with Crippen LogP contribution in [0, 0.1) is 13.8 Å². The molecule has 1 aliphatic heterocycles. The SMILES string of the molecule is COc1cc(NC(=S)/N=C(\Nc2nc(C)cc(C)n2)N2CCN(c3ccc(Cl)cc3)CC2)cc(OC)c1OC. The van der Waals surface area contributed by atoms with Crippen molar-refractivity contribution in [2.45, 2.75) is 13.8 Å². The first-order valence-corrected chi connectivity index (χ1v) is 13.1. The number of rotatable bonds is 6. The molecule has 10 nitrogen and oxygen atoms in total. The summed E-state index contributed by atoms with van der Waals surface area (Å²) >= 11 is 11.7. The van der Waals surface area contributed by atoms with Crippen molar-refractivity contribution < 1.29 is 14.2 Å². The molecule has 0 amide bonds. The molecule has 0 spiro atoms. The first-order chi connectivity index (χ1) is 18.8. The molecule has 1 saturated heterocycles. The minimum atomic E-state index is 0.247. The molecule has 0 atom stereocenters. The van der Waals surface area contributed by atoms with Gasteiger partial charge in [-0.05, 0) is 56.4 Å². The predicted octanol–water partition coefficient (Wildman–Crippen LogP) is 4.76. The van der Waals surface area contributed by atoms with Crippen LogP contribution in [0.2, 0.25) is 5.02 Å². The molecular weight excluding hydrogens is 538 g/mol. The monoisotopic (exact) mass is 569 g/mol. The van der Waals surface area contributed by atoms with Gasteiger partial charge in [-0.3, -0.25) is 5.32 Å². The molecule has 39 heavy (non-hydrogen) atoms. The zero-order valence-electron chi connectivity index (χ0n) is 22.6. The van der Waals surface area contributed by atoms with Gasteiger partial charge in [-0.1, -0.05) is 11.6 Å². The van der Waals surface area contributed by atoms with E-state index >= 15 is 0 Å². The van der Waals surface area contributed by atoms with Crippen molar-refractivity contribution in [3.63, 3.8) is 0 Å². The van der Waals surface area contributed by atoms with Gasteiger partial charge in [-0.25, -0.2) is 9.97 Å². The fraction of sp³-hybridized carbons (Fsp3) is 0.333. The number of aryl methyl sites for hydroxylation is 2. The average molecular weight is 570 g/mol. The fourth-order valence-electron chi connectivity index (χ4n) is 4.29. The van der Waals surface area contributed by atoms with Crippen molar-refractivity contribution in [3.8, 4) is 17.2 Å². The van der Waals surface area contributed by atoms with Gasteiger partial charge >= 0.3 is 0 Å². The highest BCUT2D eigenvalue weighted by Gasteiger charge is 2.22. The van der Waals surface area contributed by atoms with Crippen LogP contribution in [0.1, 0.15) is 11.4 Å². The Hall–Kier alpha value is -3.83. The lowest BCUT2D eigenvalue weighted by Crippen LogP contribution is -2.51. The van der Waals surface area contributed by atoms with Crippen LogP contribution < -0.4 is 29.7 Å². The summed E-state index contributed by atoms with van der Waals surface area (Å²) in [6.07, 6.45) is 0. The number of halogens is 1. The molecule has 0 radical (unpaired) electrons. The number of thiocarbonyl (C=S) groups is 1. The van der Waals surface area contributed by atoms with E-state index in [1.54, 1.807) is 33.5 Å². The van der Waals surface area contributed by atoms with Gasteiger partial charge in [0.15, 0.2) is 11.5 Å². The molecule has 3 aromatic rings. The van der Waals surface area contributed by atoms with E-state index in [0.717, 1.165) is 35.2 Å². The first kappa shape index (κ1) is 28.2. The Morgan fingerprint density at radius 1 is 0.872 bits per heavy atom. The quantitative estimate of drug-likeness (QED) is 0.246. The Balaban J connectivity index is 1.57. The van der Waals surface area contributed by atoms with Crippen LogP contribution in [0.3, 0.4) is 0 Å². The summed E-state index contributed by atoms with van der Waals surface area (Å²) in [4.78, 5) is 18.2. The molecule has 1 aromatic heterocycles. The average Bonchev–Trinajstić information content (AvgIpc) is 2.92. The van der Waals surface area contributed by atoms with Crippen LogP contribution in [-0.2, 0) is 0 Å². The Morgan fingerprint density at radius 3 is 2.00 bits per heavy atom. The van der Waals surface area contributed by atoms with Crippen LogP contribution >= 0.6 is 23.8 Å². The third kappa shape index (κ3) is 7.18. The van der Waals surface area contributed by atoms with E-state index in [0.29, 0.717) is 47.9 Å². The maximum Gasteiger partial charge on any atom is 0.229 e. The van der Waals surface area contributed by atoms with Gasteiger partial charge < -0.3 is 29.3 Å². The molecule has 1 fully saturated rings. The van der Waals surface area contributed by atoms with Crippen molar-refractivity contribution in [2.75, 3.05) is 63.0 Å². The summed E-state index contributed by atoms with van der Waals surface area (Å²) < 4.78 is 16.3. The molecule has 2 aromatic carbocycles. The van der Waals surface area contributed by atoms with Gasteiger partial charge in [-0.2, -0.15) is 4.99 Å². The topological polar surface area (TPSA) is 96.4 Å². The lowest BCUT2D eigenvalue weighted by atomic mass is 10.2. The van der Waals surface area contributed by atoms with E-state index in [1.807, 2.05) is 44.2 Å². The fourth-order valence-corrected chi connectivity index (χ4v) is 4.62. The van der Waals surface area contributed by atoms with Gasteiger partial charge in [0.1, 0.15) is 0 Å². The molecule has 12 heteroatoms. The van der Waals surface area contributed by atoms with E-state index in [2.05, 4.69) is 30.4 Å². The Kier molecular flexibility index (Phi) is 9.26. The molecule has 2 heterocycles. The van der Waals surface area contributed by atoms with Gasteiger partial charge in [0.2, 0.25) is 22.8 Å². The summed E-state index contributed by atoms with van der Waals surface area (Å²) in [5, 5.41) is 7.42. The number of hydrogen-bond donors (Lipinski definition) is 2. The highest BCUT2D eigenvalue weighted by atomic mass is 35.5. The summed E-state index contributed by atoms with van der Waals surface area (Å²) in [5.74, 6) is 2.52. The van der Waals surface area contributed by atoms with Gasteiger partial charge in [0, 0.05) is 66.1 Å². The van der Waals surface area contributed by atoms with Crippen LogP contribution in [0.5, 0.6) is 17.2 Å².